The maximum Gasteiger partial charge on any atom is 0.163 e. The smallest absolute Gasteiger partial charge is 0.163 e. The van der Waals surface area contributed by atoms with E-state index in [1.165, 1.54) is 12.1 Å². The van der Waals surface area contributed by atoms with Crippen LogP contribution in [0.5, 0.6) is 11.5 Å². The second-order valence-corrected chi connectivity index (χ2v) is 4.71. The lowest BCUT2D eigenvalue weighted by atomic mass is 10.1. The van der Waals surface area contributed by atoms with Crippen molar-refractivity contribution in [3.05, 3.63) is 53.6 Å². The summed E-state index contributed by atoms with van der Waals surface area (Å²) < 4.78 is 23.4. The van der Waals surface area contributed by atoms with Crippen molar-refractivity contribution in [2.45, 2.75) is 6.42 Å². The third kappa shape index (κ3) is 2.67. The lowest BCUT2D eigenvalue weighted by Gasteiger charge is -2.06. The highest BCUT2D eigenvalue weighted by molar-refractivity contribution is 5.79. The van der Waals surface area contributed by atoms with E-state index in [-0.39, 0.29) is 5.82 Å². The molecule has 0 radical (unpaired) electrons. The van der Waals surface area contributed by atoms with Crippen molar-refractivity contribution in [1.82, 2.24) is 9.97 Å². The SMILES string of the molecule is COc1cc2nc(Cc3ccc(F)cc3)[nH]c2cc1OC. The van der Waals surface area contributed by atoms with Crippen LogP contribution in [0.3, 0.4) is 0 Å². The third-order valence-electron chi connectivity index (χ3n) is 3.32. The molecule has 0 aliphatic rings. The number of imidazole rings is 1. The van der Waals surface area contributed by atoms with E-state index in [1.807, 2.05) is 12.1 Å². The molecule has 4 nitrogen and oxygen atoms in total. The largest absolute Gasteiger partial charge is 0.493 e. The first-order valence-electron chi connectivity index (χ1n) is 6.54. The van der Waals surface area contributed by atoms with Crippen LogP contribution in [0.25, 0.3) is 11.0 Å². The molecular weight excluding hydrogens is 271 g/mol. The van der Waals surface area contributed by atoms with Crippen LogP contribution < -0.4 is 9.47 Å². The van der Waals surface area contributed by atoms with Crippen LogP contribution in [-0.2, 0) is 6.42 Å². The van der Waals surface area contributed by atoms with Crippen LogP contribution in [0, 0.1) is 5.82 Å². The summed E-state index contributed by atoms with van der Waals surface area (Å²) in [5.74, 6) is 1.87. The molecule has 1 aromatic heterocycles. The molecule has 1 heterocycles. The van der Waals surface area contributed by atoms with Gasteiger partial charge in [0.15, 0.2) is 11.5 Å². The fourth-order valence-electron chi connectivity index (χ4n) is 2.27. The Labute approximate surface area is 121 Å². The summed E-state index contributed by atoms with van der Waals surface area (Å²) in [6, 6.07) is 10.1. The van der Waals surface area contributed by atoms with Crippen molar-refractivity contribution in [3.63, 3.8) is 0 Å². The van der Waals surface area contributed by atoms with E-state index in [9.17, 15) is 4.39 Å². The number of aromatic amines is 1. The highest BCUT2D eigenvalue weighted by Crippen LogP contribution is 2.31. The third-order valence-corrected chi connectivity index (χ3v) is 3.32. The molecule has 3 rings (SSSR count). The molecule has 21 heavy (non-hydrogen) atoms. The number of ether oxygens (including phenoxy) is 2. The van der Waals surface area contributed by atoms with E-state index in [1.54, 1.807) is 26.4 Å². The Morgan fingerprint density at radius 2 is 1.71 bits per heavy atom. The van der Waals surface area contributed by atoms with E-state index < -0.39 is 0 Å². The molecule has 0 atom stereocenters. The molecule has 0 spiro atoms. The van der Waals surface area contributed by atoms with Gasteiger partial charge in [-0.05, 0) is 17.7 Å². The topological polar surface area (TPSA) is 47.1 Å². The number of nitrogens with zero attached hydrogens (tertiary/aromatic N) is 1. The van der Waals surface area contributed by atoms with Crippen LogP contribution >= 0.6 is 0 Å². The number of benzene rings is 2. The minimum Gasteiger partial charge on any atom is -0.493 e. The Morgan fingerprint density at radius 1 is 1.05 bits per heavy atom. The molecule has 0 aliphatic carbocycles. The predicted octanol–water partition coefficient (Wildman–Crippen LogP) is 3.31. The van der Waals surface area contributed by atoms with Gasteiger partial charge in [-0.1, -0.05) is 12.1 Å². The van der Waals surface area contributed by atoms with Gasteiger partial charge in [0, 0.05) is 18.6 Å². The van der Waals surface area contributed by atoms with Gasteiger partial charge in [-0.15, -0.1) is 0 Å². The Kier molecular flexibility index (Phi) is 3.48. The van der Waals surface area contributed by atoms with Gasteiger partial charge in [0.05, 0.1) is 25.3 Å². The Bertz CT molecular complexity index is 725. The standard InChI is InChI=1S/C16H15FN2O2/c1-20-14-8-12-13(9-15(14)21-2)19-16(18-12)7-10-3-5-11(17)6-4-10/h3-6,8-9H,7H2,1-2H3,(H,18,19). The molecule has 0 amide bonds. The van der Waals surface area contributed by atoms with Gasteiger partial charge < -0.3 is 14.5 Å². The average molecular weight is 286 g/mol. The highest BCUT2D eigenvalue weighted by Gasteiger charge is 2.10. The maximum atomic E-state index is 12.9. The van der Waals surface area contributed by atoms with Gasteiger partial charge in [0.25, 0.3) is 0 Å². The summed E-state index contributed by atoms with van der Waals surface area (Å²) in [6.07, 6.45) is 0.611. The molecule has 0 unspecified atom stereocenters. The van der Waals surface area contributed by atoms with Crippen LogP contribution in [0.1, 0.15) is 11.4 Å². The number of halogens is 1. The zero-order valence-electron chi connectivity index (χ0n) is 11.8. The highest BCUT2D eigenvalue weighted by atomic mass is 19.1. The summed E-state index contributed by atoms with van der Waals surface area (Å²) in [4.78, 5) is 7.77. The van der Waals surface area contributed by atoms with E-state index >= 15 is 0 Å². The van der Waals surface area contributed by atoms with Crippen LogP contribution in [0.4, 0.5) is 4.39 Å². The summed E-state index contributed by atoms with van der Waals surface area (Å²) in [6.45, 7) is 0. The molecule has 0 saturated carbocycles. The molecule has 5 heteroatoms. The molecule has 0 fully saturated rings. The second-order valence-electron chi connectivity index (χ2n) is 4.71. The van der Waals surface area contributed by atoms with Crippen molar-refractivity contribution in [3.8, 4) is 11.5 Å². The zero-order valence-corrected chi connectivity index (χ0v) is 11.8. The first-order chi connectivity index (χ1) is 10.2. The molecule has 108 valence electrons. The van der Waals surface area contributed by atoms with Crippen LogP contribution in [-0.4, -0.2) is 24.2 Å². The van der Waals surface area contributed by atoms with Gasteiger partial charge in [-0.3, -0.25) is 0 Å². The summed E-state index contributed by atoms with van der Waals surface area (Å²) >= 11 is 0. The zero-order chi connectivity index (χ0) is 14.8. The van der Waals surface area contributed by atoms with E-state index in [2.05, 4.69) is 9.97 Å². The Hall–Kier alpha value is -2.56. The second kappa shape index (κ2) is 5.44. The molecule has 0 aliphatic heterocycles. The van der Waals surface area contributed by atoms with Gasteiger partial charge in [0.2, 0.25) is 0 Å². The van der Waals surface area contributed by atoms with Crippen molar-refractivity contribution in [2.75, 3.05) is 14.2 Å². The van der Waals surface area contributed by atoms with Gasteiger partial charge in [0.1, 0.15) is 11.6 Å². The molecular formula is C16H15FN2O2. The van der Waals surface area contributed by atoms with Gasteiger partial charge in [-0.2, -0.15) is 0 Å². The minimum absolute atomic E-state index is 0.238. The van der Waals surface area contributed by atoms with Crippen LogP contribution in [0.2, 0.25) is 0 Å². The van der Waals surface area contributed by atoms with Crippen LogP contribution in [0.15, 0.2) is 36.4 Å². The maximum absolute atomic E-state index is 12.9. The Morgan fingerprint density at radius 3 is 2.38 bits per heavy atom. The van der Waals surface area contributed by atoms with E-state index in [0.29, 0.717) is 17.9 Å². The predicted molar refractivity (Wildman–Crippen MR) is 78.4 cm³/mol. The monoisotopic (exact) mass is 286 g/mol. The number of methoxy groups -OCH3 is 2. The number of fused-ring (bicyclic) bond motifs is 1. The van der Waals surface area contributed by atoms with E-state index in [0.717, 1.165) is 22.4 Å². The normalized spacial score (nSPS) is 10.8. The van der Waals surface area contributed by atoms with Crippen molar-refractivity contribution in [1.29, 1.82) is 0 Å². The lowest BCUT2D eigenvalue weighted by molar-refractivity contribution is 0.356. The number of rotatable bonds is 4. The average Bonchev–Trinajstić information content (AvgIpc) is 2.89. The van der Waals surface area contributed by atoms with Crippen molar-refractivity contribution >= 4 is 11.0 Å². The van der Waals surface area contributed by atoms with Crippen molar-refractivity contribution < 1.29 is 13.9 Å². The molecule has 3 aromatic rings. The summed E-state index contributed by atoms with van der Waals surface area (Å²) in [5, 5.41) is 0. The molecule has 0 bridgehead atoms. The number of hydrogen-bond acceptors (Lipinski definition) is 3. The van der Waals surface area contributed by atoms with Crippen molar-refractivity contribution in [2.24, 2.45) is 0 Å². The summed E-state index contributed by atoms with van der Waals surface area (Å²) in [7, 11) is 3.19. The fraction of sp³-hybridized carbons (Fsp3) is 0.188. The number of nitrogens with one attached hydrogen (secondary N) is 1. The minimum atomic E-state index is -0.238. The quantitative estimate of drug-likeness (QED) is 0.800. The fourth-order valence-corrected chi connectivity index (χ4v) is 2.27. The van der Waals surface area contributed by atoms with Gasteiger partial charge >= 0.3 is 0 Å². The number of hydrogen-bond donors (Lipinski definition) is 1. The summed E-state index contributed by atoms with van der Waals surface area (Å²) in [5.41, 5.74) is 2.68. The number of aromatic nitrogens is 2. The van der Waals surface area contributed by atoms with E-state index in [4.69, 9.17) is 9.47 Å². The van der Waals surface area contributed by atoms with Gasteiger partial charge in [-0.25, -0.2) is 9.37 Å². The molecule has 0 saturated heterocycles. The molecule has 1 N–H and O–H groups in total. The first kappa shape index (κ1) is 13.4. The molecule has 2 aromatic carbocycles. The lowest BCUT2D eigenvalue weighted by Crippen LogP contribution is -1.90. The number of H-pyrrole nitrogens is 1. The first-order valence-corrected chi connectivity index (χ1v) is 6.54. The Balaban J connectivity index is 1.95.